The lowest BCUT2D eigenvalue weighted by atomic mass is 9.60. The van der Waals surface area contributed by atoms with Gasteiger partial charge < -0.3 is 9.64 Å². The number of nitrogens with zero attached hydrogens (tertiary/aromatic N) is 1. The zero-order valence-electron chi connectivity index (χ0n) is 13.6. The lowest BCUT2D eigenvalue weighted by Crippen LogP contribution is -2.68. The number of hydrogen-bond acceptors (Lipinski definition) is 3. The highest BCUT2D eigenvalue weighted by molar-refractivity contribution is 5.92. The van der Waals surface area contributed by atoms with E-state index in [1.54, 1.807) is 25.1 Å². The average Bonchev–Trinajstić information content (AvgIpc) is 2.54. The molecule has 130 valence electrons. The van der Waals surface area contributed by atoms with Gasteiger partial charge in [0.2, 0.25) is 0 Å². The van der Waals surface area contributed by atoms with E-state index < -0.39 is 35.6 Å². The number of alkyl halides is 3. The fourth-order valence-corrected chi connectivity index (χ4v) is 4.34. The van der Waals surface area contributed by atoms with E-state index in [9.17, 15) is 22.8 Å². The van der Waals surface area contributed by atoms with Gasteiger partial charge >= 0.3 is 18.1 Å². The van der Waals surface area contributed by atoms with Crippen LogP contribution in [0.5, 0.6) is 0 Å². The molecule has 4 atom stereocenters. The Morgan fingerprint density at radius 2 is 1.83 bits per heavy atom. The molecule has 7 heteroatoms. The lowest BCUT2D eigenvalue weighted by molar-refractivity contribution is -0.208. The Balaban J connectivity index is 2.25. The van der Waals surface area contributed by atoms with E-state index in [0.29, 0.717) is 16.9 Å². The highest BCUT2D eigenvalue weighted by Gasteiger charge is 2.64. The maximum atomic E-state index is 13.2. The van der Waals surface area contributed by atoms with Gasteiger partial charge in [0, 0.05) is 5.92 Å². The van der Waals surface area contributed by atoms with Gasteiger partial charge in [-0.3, -0.25) is 4.79 Å². The number of halogens is 3. The molecule has 1 aromatic carbocycles. The Morgan fingerprint density at radius 3 is 2.38 bits per heavy atom. The SMILES string of the molecule is COC(=O)[C@]1(C)[C@H]2C[C@@H](C)[C@H](c3ccccc32)N1C(=O)C(F)(F)F. The Morgan fingerprint density at radius 1 is 1.25 bits per heavy atom. The van der Waals surface area contributed by atoms with E-state index in [-0.39, 0.29) is 5.92 Å². The monoisotopic (exact) mass is 341 g/mol. The van der Waals surface area contributed by atoms with Crippen LogP contribution in [0.3, 0.4) is 0 Å². The summed E-state index contributed by atoms with van der Waals surface area (Å²) in [6.45, 7) is 3.18. The van der Waals surface area contributed by atoms with Gasteiger partial charge in [-0.05, 0) is 30.4 Å². The third kappa shape index (κ3) is 2.06. The number of benzene rings is 1. The molecule has 0 unspecified atom stereocenters. The van der Waals surface area contributed by atoms with Crippen LogP contribution in [0.25, 0.3) is 0 Å². The summed E-state index contributed by atoms with van der Waals surface area (Å²) >= 11 is 0. The first-order valence-electron chi connectivity index (χ1n) is 7.71. The topological polar surface area (TPSA) is 46.6 Å². The summed E-state index contributed by atoms with van der Waals surface area (Å²) in [6, 6.07) is 6.27. The highest BCUT2D eigenvalue weighted by atomic mass is 19.4. The number of ether oxygens (including phenoxy) is 1. The molecule has 24 heavy (non-hydrogen) atoms. The predicted octanol–water partition coefficient (Wildman–Crippen LogP) is 3.19. The molecule has 2 heterocycles. The first-order chi connectivity index (χ1) is 11.1. The molecule has 1 saturated heterocycles. The molecule has 4 rings (SSSR count). The van der Waals surface area contributed by atoms with E-state index in [0.717, 1.165) is 12.7 Å². The van der Waals surface area contributed by atoms with Crippen LogP contribution in [0.2, 0.25) is 0 Å². The number of piperidine rings is 1. The third-order valence-electron chi connectivity index (χ3n) is 5.35. The molecule has 0 N–H and O–H groups in total. The van der Waals surface area contributed by atoms with Crippen molar-refractivity contribution in [2.75, 3.05) is 7.11 Å². The van der Waals surface area contributed by atoms with E-state index in [1.165, 1.54) is 6.92 Å². The molecule has 1 amide bonds. The molecule has 3 aliphatic rings. The highest BCUT2D eigenvalue weighted by Crippen LogP contribution is 2.58. The lowest BCUT2D eigenvalue weighted by Gasteiger charge is -2.59. The maximum Gasteiger partial charge on any atom is 0.471 e. The Hall–Kier alpha value is -2.05. The van der Waals surface area contributed by atoms with Gasteiger partial charge in [-0.2, -0.15) is 13.2 Å². The molecule has 1 fully saturated rings. The minimum absolute atomic E-state index is 0.186. The second kappa shape index (κ2) is 5.22. The van der Waals surface area contributed by atoms with Crippen LogP contribution in [0, 0.1) is 5.92 Å². The van der Waals surface area contributed by atoms with Crippen LogP contribution >= 0.6 is 0 Å². The van der Waals surface area contributed by atoms with Gasteiger partial charge in [0.25, 0.3) is 0 Å². The summed E-state index contributed by atoms with van der Waals surface area (Å²) < 4.78 is 44.5. The van der Waals surface area contributed by atoms with Crippen molar-refractivity contribution >= 4 is 11.9 Å². The van der Waals surface area contributed by atoms with Crippen molar-refractivity contribution in [3.63, 3.8) is 0 Å². The fraction of sp³-hybridized carbons (Fsp3) is 0.529. The minimum Gasteiger partial charge on any atom is -0.467 e. The summed E-state index contributed by atoms with van der Waals surface area (Å²) in [5, 5.41) is 0. The van der Waals surface area contributed by atoms with Crippen LogP contribution in [-0.2, 0) is 14.3 Å². The molecule has 2 aliphatic heterocycles. The number of carbonyl (C=O) groups is 2. The molecule has 1 aliphatic carbocycles. The standard InChI is InChI=1S/C17H18F3NO3/c1-9-8-12-10-6-4-5-7-11(10)13(9)21(14(22)17(18,19)20)16(12,2)15(23)24-3/h4-7,9,12-13H,8H2,1-3H3/t9-,12+,13-,16+/m1/s1. The number of amides is 1. The van der Waals surface area contributed by atoms with Gasteiger partial charge in [-0.25, -0.2) is 4.79 Å². The van der Waals surface area contributed by atoms with Crippen LogP contribution in [0.15, 0.2) is 24.3 Å². The molecule has 1 aromatic rings. The molecule has 4 nitrogen and oxygen atoms in total. The Labute approximate surface area is 137 Å². The zero-order valence-corrected chi connectivity index (χ0v) is 13.6. The van der Waals surface area contributed by atoms with Crippen molar-refractivity contribution in [3.05, 3.63) is 35.4 Å². The minimum atomic E-state index is -5.05. The van der Waals surface area contributed by atoms with Gasteiger partial charge in [0.05, 0.1) is 13.2 Å². The molecule has 0 spiro atoms. The van der Waals surface area contributed by atoms with Crippen LogP contribution in [0.4, 0.5) is 13.2 Å². The number of hydrogen-bond donors (Lipinski definition) is 0. The second-order valence-corrected chi connectivity index (χ2v) is 6.65. The molecular weight excluding hydrogens is 323 g/mol. The predicted molar refractivity (Wildman–Crippen MR) is 79.0 cm³/mol. The third-order valence-corrected chi connectivity index (χ3v) is 5.35. The molecular formula is C17H18F3NO3. The second-order valence-electron chi connectivity index (χ2n) is 6.65. The number of rotatable bonds is 1. The van der Waals surface area contributed by atoms with Crippen molar-refractivity contribution in [2.24, 2.45) is 5.92 Å². The fourth-order valence-electron chi connectivity index (χ4n) is 4.34. The van der Waals surface area contributed by atoms with Gasteiger partial charge in [0.1, 0.15) is 5.54 Å². The smallest absolute Gasteiger partial charge is 0.467 e. The molecule has 2 bridgehead atoms. The Kier molecular flexibility index (Phi) is 3.66. The van der Waals surface area contributed by atoms with E-state index in [1.807, 2.05) is 6.07 Å². The van der Waals surface area contributed by atoms with Gasteiger partial charge in [-0.1, -0.05) is 31.2 Å². The molecule has 0 saturated carbocycles. The van der Waals surface area contributed by atoms with E-state index >= 15 is 0 Å². The van der Waals surface area contributed by atoms with Crippen LogP contribution in [-0.4, -0.2) is 35.6 Å². The summed E-state index contributed by atoms with van der Waals surface area (Å²) in [4.78, 5) is 25.4. The summed E-state index contributed by atoms with van der Waals surface area (Å²) in [6.07, 6.45) is -4.53. The normalized spacial score (nSPS) is 31.6. The summed E-state index contributed by atoms with van der Waals surface area (Å²) in [5.41, 5.74) is -0.174. The van der Waals surface area contributed by atoms with Crippen molar-refractivity contribution in [1.82, 2.24) is 4.90 Å². The number of fused-ring (bicyclic) bond motifs is 2. The van der Waals surface area contributed by atoms with Crippen molar-refractivity contribution in [2.45, 2.75) is 43.9 Å². The van der Waals surface area contributed by atoms with E-state index in [4.69, 9.17) is 4.74 Å². The summed E-state index contributed by atoms with van der Waals surface area (Å²) in [7, 11) is 1.13. The van der Waals surface area contributed by atoms with Crippen molar-refractivity contribution < 1.29 is 27.5 Å². The van der Waals surface area contributed by atoms with Crippen LogP contribution < -0.4 is 0 Å². The van der Waals surface area contributed by atoms with Gasteiger partial charge in [0.15, 0.2) is 0 Å². The Bertz CT molecular complexity index is 703. The van der Waals surface area contributed by atoms with E-state index in [2.05, 4.69) is 0 Å². The summed E-state index contributed by atoms with van der Waals surface area (Å²) in [5.74, 6) is -3.54. The first-order valence-corrected chi connectivity index (χ1v) is 7.71. The molecule has 0 radical (unpaired) electrons. The quantitative estimate of drug-likeness (QED) is 0.737. The number of methoxy groups -OCH3 is 1. The maximum absolute atomic E-state index is 13.2. The van der Waals surface area contributed by atoms with Gasteiger partial charge in [-0.15, -0.1) is 0 Å². The van der Waals surface area contributed by atoms with Crippen molar-refractivity contribution in [3.8, 4) is 0 Å². The number of esters is 1. The first kappa shape index (κ1) is 16.8. The van der Waals surface area contributed by atoms with Crippen LogP contribution in [0.1, 0.15) is 43.4 Å². The van der Waals surface area contributed by atoms with Crippen molar-refractivity contribution in [1.29, 1.82) is 0 Å². The largest absolute Gasteiger partial charge is 0.471 e. The number of carbonyl (C=O) groups excluding carboxylic acids is 2. The molecule has 0 aromatic heterocycles. The average molecular weight is 341 g/mol. The zero-order chi connectivity index (χ0) is 17.9.